The van der Waals surface area contributed by atoms with Crippen LogP contribution in [-0.2, 0) is 0 Å². The van der Waals surface area contributed by atoms with Gasteiger partial charge in [0.1, 0.15) is 0 Å². The Bertz CT molecular complexity index is 357. The van der Waals surface area contributed by atoms with Gasteiger partial charge in [-0.25, -0.2) is 0 Å². The molecule has 1 aromatic rings. The molecule has 0 atom stereocenters. The van der Waals surface area contributed by atoms with Crippen LogP contribution in [0.15, 0.2) is 0 Å². The van der Waals surface area contributed by atoms with Gasteiger partial charge in [0.15, 0.2) is 11.8 Å². The first-order valence-electron chi connectivity index (χ1n) is 3.72. The average Bonchev–Trinajstić information content (AvgIpc) is 2.13. The summed E-state index contributed by atoms with van der Waals surface area (Å²) in [6.45, 7) is 3.91. The van der Waals surface area contributed by atoms with Gasteiger partial charge in [-0.3, -0.25) is 0 Å². The largest absolute Gasteiger partial charge is 0.463 e. The van der Waals surface area contributed by atoms with Crippen LogP contribution in [0.1, 0.15) is 11.1 Å². The summed E-state index contributed by atoms with van der Waals surface area (Å²) in [6, 6.07) is 0. The SMILES string of the molecule is C#CCOc1nnc(Cl)c(C)c1C. The van der Waals surface area contributed by atoms with E-state index in [1.165, 1.54) is 0 Å². The quantitative estimate of drug-likeness (QED) is 0.677. The van der Waals surface area contributed by atoms with Gasteiger partial charge in [0, 0.05) is 5.56 Å². The molecule has 0 aliphatic heterocycles. The van der Waals surface area contributed by atoms with Gasteiger partial charge in [-0.2, -0.15) is 0 Å². The van der Waals surface area contributed by atoms with Crippen LogP contribution in [0, 0.1) is 26.2 Å². The molecule has 68 valence electrons. The lowest BCUT2D eigenvalue weighted by Gasteiger charge is -2.06. The summed E-state index contributed by atoms with van der Waals surface area (Å²) in [7, 11) is 0. The van der Waals surface area contributed by atoms with Crippen LogP contribution in [0.25, 0.3) is 0 Å². The molecule has 0 spiro atoms. The van der Waals surface area contributed by atoms with Gasteiger partial charge in [0.05, 0.1) is 0 Å². The molecule has 13 heavy (non-hydrogen) atoms. The lowest BCUT2D eigenvalue weighted by atomic mass is 10.2. The van der Waals surface area contributed by atoms with Crippen LogP contribution in [-0.4, -0.2) is 16.8 Å². The van der Waals surface area contributed by atoms with Crippen LogP contribution >= 0.6 is 11.6 Å². The van der Waals surface area contributed by atoms with Crippen molar-refractivity contribution in [2.24, 2.45) is 0 Å². The first kappa shape index (κ1) is 9.82. The Balaban J connectivity index is 2.98. The van der Waals surface area contributed by atoms with E-state index in [9.17, 15) is 0 Å². The van der Waals surface area contributed by atoms with E-state index in [0.29, 0.717) is 11.0 Å². The molecule has 0 bridgehead atoms. The summed E-state index contributed by atoms with van der Waals surface area (Å²) in [4.78, 5) is 0. The molecule has 0 saturated carbocycles. The molecule has 3 nitrogen and oxygen atoms in total. The molecule has 1 aromatic heterocycles. The molecule has 4 heteroatoms. The number of hydrogen-bond acceptors (Lipinski definition) is 3. The first-order valence-corrected chi connectivity index (χ1v) is 4.10. The monoisotopic (exact) mass is 196 g/mol. The van der Waals surface area contributed by atoms with Crippen molar-refractivity contribution in [1.82, 2.24) is 10.2 Å². The summed E-state index contributed by atoms with van der Waals surface area (Å²) in [5.74, 6) is 2.80. The maximum Gasteiger partial charge on any atom is 0.237 e. The number of nitrogens with zero attached hydrogens (tertiary/aromatic N) is 2. The summed E-state index contributed by atoms with van der Waals surface area (Å²) in [5, 5.41) is 7.88. The minimum atomic E-state index is 0.191. The van der Waals surface area contributed by atoms with Crippen molar-refractivity contribution in [3.8, 4) is 18.2 Å². The fourth-order valence-electron chi connectivity index (χ4n) is 0.802. The van der Waals surface area contributed by atoms with Gasteiger partial charge in [-0.05, 0) is 19.4 Å². The number of rotatable bonds is 2. The highest BCUT2D eigenvalue weighted by Crippen LogP contribution is 2.21. The van der Waals surface area contributed by atoms with E-state index in [0.717, 1.165) is 11.1 Å². The summed E-state index contributed by atoms with van der Waals surface area (Å²) >= 11 is 5.75. The van der Waals surface area contributed by atoms with Crippen molar-refractivity contribution < 1.29 is 4.74 Å². The average molecular weight is 197 g/mol. The van der Waals surface area contributed by atoms with Crippen LogP contribution in [0.5, 0.6) is 5.88 Å². The zero-order chi connectivity index (χ0) is 9.84. The third-order valence-corrected chi connectivity index (χ3v) is 2.07. The third-order valence-electron chi connectivity index (χ3n) is 1.71. The van der Waals surface area contributed by atoms with E-state index in [4.69, 9.17) is 22.8 Å². The molecule has 0 aliphatic rings. The van der Waals surface area contributed by atoms with Gasteiger partial charge >= 0.3 is 0 Å². The van der Waals surface area contributed by atoms with E-state index in [2.05, 4.69) is 16.1 Å². The van der Waals surface area contributed by atoms with Crippen LogP contribution < -0.4 is 4.74 Å². The molecular weight excluding hydrogens is 188 g/mol. The van der Waals surface area contributed by atoms with E-state index >= 15 is 0 Å². The number of hydrogen-bond donors (Lipinski definition) is 0. The van der Waals surface area contributed by atoms with Crippen LogP contribution in [0.2, 0.25) is 5.15 Å². The second kappa shape index (κ2) is 4.11. The number of terminal acetylenes is 1. The van der Waals surface area contributed by atoms with E-state index in [1.807, 2.05) is 13.8 Å². The second-order valence-electron chi connectivity index (χ2n) is 2.54. The Hall–Kier alpha value is -1.27. The lowest BCUT2D eigenvalue weighted by molar-refractivity contribution is 0.347. The van der Waals surface area contributed by atoms with Crippen molar-refractivity contribution in [1.29, 1.82) is 0 Å². The normalized spacial score (nSPS) is 9.38. The first-order chi connectivity index (χ1) is 6.16. The molecule has 0 unspecified atom stereocenters. The molecule has 1 heterocycles. The zero-order valence-electron chi connectivity index (χ0n) is 7.47. The van der Waals surface area contributed by atoms with Crippen molar-refractivity contribution in [3.63, 3.8) is 0 Å². The Labute approximate surface area is 82.1 Å². The summed E-state index contributed by atoms with van der Waals surface area (Å²) < 4.78 is 5.15. The van der Waals surface area contributed by atoms with Gasteiger partial charge in [-0.1, -0.05) is 17.5 Å². The molecule has 0 N–H and O–H groups in total. The Morgan fingerprint density at radius 1 is 1.38 bits per heavy atom. The molecular formula is C9H9ClN2O. The highest BCUT2D eigenvalue weighted by Gasteiger charge is 2.07. The van der Waals surface area contributed by atoms with Crippen LogP contribution in [0.3, 0.4) is 0 Å². The number of halogens is 1. The zero-order valence-corrected chi connectivity index (χ0v) is 8.22. The second-order valence-corrected chi connectivity index (χ2v) is 2.90. The maximum absolute atomic E-state index is 5.75. The van der Waals surface area contributed by atoms with Gasteiger partial charge < -0.3 is 4.74 Å². The molecule has 0 amide bonds. The minimum Gasteiger partial charge on any atom is -0.463 e. The van der Waals surface area contributed by atoms with Gasteiger partial charge in [0.25, 0.3) is 0 Å². The number of aromatic nitrogens is 2. The van der Waals surface area contributed by atoms with Crippen molar-refractivity contribution in [2.45, 2.75) is 13.8 Å². The van der Waals surface area contributed by atoms with Gasteiger partial charge in [-0.15, -0.1) is 16.6 Å². The Morgan fingerprint density at radius 3 is 2.69 bits per heavy atom. The van der Waals surface area contributed by atoms with E-state index < -0.39 is 0 Å². The molecule has 1 rings (SSSR count). The minimum absolute atomic E-state index is 0.191. The van der Waals surface area contributed by atoms with E-state index in [-0.39, 0.29) is 6.61 Å². The van der Waals surface area contributed by atoms with Crippen molar-refractivity contribution >= 4 is 11.6 Å². The maximum atomic E-state index is 5.75. The number of ether oxygens (including phenoxy) is 1. The smallest absolute Gasteiger partial charge is 0.237 e. The standard InChI is InChI=1S/C9H9ClN2O/c1-4-5-13-9-7(3)6(2)8(10)11-12-9/h1H,5H2,2-3H3. The fourth-order valence-corrected chi connectivity index (χ4v) is 0.981. The van der Waals surface area contributed by atoms with E-state index in [1.54, 1.807) is 0 Å². The molecule has 0 aromatic carbocycles. The highest BCUT2D eigenvalue weighted by atomic mass is 35.5. The molecule has 0 saturated heterocycles. The van der Waals surface area contributed by atoms with Crippen molar-refractivity contribution in [2.75, 3.05) is 6.61 Å². The molecule has 0 aliphatic carbocycles. The molecule has 0 fully saturated rings. The predicted octanol–water partition coefficient (Wildman–Crippen LogP) is 1.76. The lowest BCUT2D eigenvalue weighted by Crippen LogP contribution is -2.02. The summed E-state index contributed by atoms with van der Waals surface area (Å²) in [6.07, 6.45) is 5.05. The highest BCUT2D eigenvalue weighted by molar-refractivity contribution is 6.30. The Kier molecular flexibility index (Phi) is 3.10. The van der Waals surface area contributed by atoms with Gasteiger partial charge in [0.2, 0.25) is 5.88 Å². The Morgan fingerprint density at radius 2 is 2.08 bits per heavy atom. The summed E-state index contributed by atoms with van der Waals surface area (Å²) in [5.41, 5.74) is 1.74. The van der Waals surface area contributed by atoms with Crippen LogP contribution in [0.4, 0.5) is 0 Å². The third kappa shape index (κ3) is 2.10. The fraction of sp³-hybridized carbons (Fsp3) is 0.333. The molecule has 0 radical (unpaired) electrons. The predicted molar refractivity (Wildman–Crippen MR) is 50.8 cm³/mol. The van der Waals surface area contributed by atoms with Crippen molar-refractivity contribution in [3.05, 3.63) is 16.3 Å². The topological polar surface area (TPSA) is 35.0 Å².